The minimum Gasteiger partial charge on any atom is -0.344 e. The molecule has 1 aromatic heterocycles. The van der Waals surface area contributed by atoms with Crippen LogP contribution in [0.5, 0.6) is 0 Å². The van der Waals surface area contributed by atoms with Crippen LogP contribution >= 0.6 is 0 Å². The maximum atomic E-state index is 11.7. The Bertz CT molecular complexity index is 318. The van der Waals surface area contributed by atoms with Crippen molar-refractivity contribution >= 4 is 5.91 Å². The fourth-order valence-corrected chi connectivity index (χ4v) is 1.57. The molecular weight excluding hydrogens is 192 g/mol. The summed E-state index contributed by atoms with van der Waals surface area (Å²) in [5.74, 6) is 0.425. The first kappa shape index (κ1) is 10.2. The van der Waals surface area contributed by atoms with Crippen molar-refractivity contribution in [2.45, 2.75) is 6.54 Å². The Morgan fingerprint density at radius 3 is 3.00 bits per heavy atom. The molecule has 5 nitrogen and oxygen atoms in total. The van der Waals surface area contributed by atoms with Gasteiger partial charge in [-0.15, -0.1) is 0 Å². The van der Waals surface area contributed by atoms with E-state index in [1.165, 1.54) is 0 Å². The van der Waals surface area contributed by atoms with E-state index in [9.17, 15) is 4.79 Å². The highest BCUT2D eigenvalue weighted by atomic mass is 16.2. The Balaban J connectivity index is 1.76. The number of aromatic nitrogens is 2. The SMILES string of the molecule is CN(CCn1cccn1)C(=O)C1CNC1. The van der Waals surface area contributed by atoms with E-state index in [4.69, 9.17) is 0 Å². The number of hydrogen-bond acceptors (Lipinski definition) is 3. The number of amides is 1. The van der Waals surface area contributed by atoms with Gasteiger partial charge in [0.15, 0.2) is 0 Å². The van der Waals surface area contributed by atoms with Gasteiger partial charge in [-0.3, -0.25) is 9.48 Å². The summed E-state index contributed by atoms with van der Waals surface area (Å²) in [6, 6.07) is 1.89. The van der Waals surface area contributed by atoms with E-state index in [-0.39, 0.29) is 11.8 Å². The molecule has 0 radical (unpaired) electrons. The van der Waals surface area contributed by atoms with Gasteiger partial charge in [0.05, 0.1) is 12.5 Å². The van der Waals surface area contributed by atoms with Crippen molar-refractivity contribution in [1.29, 1.82) is 0 Å². The van der Waals surface area contributed by atoms with Gasteiger partial charge in [0.2, 0.25) is 5.91 Å². The molecule has 2 rings (SSSR count). The maximum absolute atomic E-state index is 11.7. The van der Waals surface area contributed by atoms with Crippen LogP contribution in [0.1, 0.15) is 0 Å². The second-order valence-corrected chi connectivity index (χ2v) is 3.88. The molecule has 1 fully saturated rings. The van der Waals surface area contributed by atoms with Crippen molar-refractivity contribution in [2.75, 3.05) is 26.7 Å². The molecule has 1 aromatic rings. The molecule has 0 atom stereocenters. The predicted molar refractivity (Wildman–Crippen MR) is 56.2 cm³/mol. The Morgan fingerprint density at radius 1 is 1.67 bits per heavy atom. The van der Waals surface area contributed by atoms with Crippen LogP contribution in [0.4, 0.5) is 0 Å². The summed E-state index contributed by atoms with van der Waals surface area (Å²) < 4.78 is 1.84. The molecular formula is C10H16N4O. The van der Waals surface area contributed by atoms with Crippen molar-refractivity contribution in [3.8, 4) is 0 Å². The highest BCUT2D eigenvalue weighted by Crippen LogP contribution is 2.06. The van der Waals surface area contributed by atoms with Crippen molar-refractivity contribution < 1.29 is 4.79 Å². The Kier molecular flexibility index (Phi) is 3.01. The number of nitrogens with zero attached hydrogens (tertiary/aromatic N) is 3. The van der Waals surface area contributed by atoms with Crippen molar-refractivity contribution in [1.82, 2.24) is 20.0 Å². The summed E-state index contributed by atoms with van der Waals surface area (Å²) in [4.78, 5) is 13.5. The van der Waals surface area contributed by atoms with E-state index < -0.39 is 0 Å². The summed E-state index contributed by atoms with van der Waals surface area (Å²) >= 11 is 0. The molecule has 2 heterocycles. The fraction of sp³-hybridized carbons (Fsp3) is 0.600. The summed E-state index contributed by atoms with van der Waals surface area (Å²) in [6.45, 7) is 3.13. The van der Waals surface area contributed by atoms with Crippen LogP contribution < -0.4 is 5.32 Å². The first-order chi connectivity index (χ1) is 7.27. The van der Waals surface area contributed by atoms with Crippen LogP contribution in [0.3, 0.4) is 0 Å². The average molecular weight is 208 g/mol. The third-order valence-electron chi connectivity index (χ3n) is 2.73. The lowest BCUT2D eigenvalue weighted by Gasteiger charge is -2.30. The predicted octanol–water partition coefficient (Wildman–Crippen LogP) is -0.439. The second-order valence-electron chi connectivity index (χ2n) is 3.88. The third kappa shape index (κ3) is 2.36. The monoisotopic (exact) mass is 208 g/mol. The van der Waals surface area contributed by atoms with E-state index in [2.05, 4.69) is 10.4 Å². The summed E-state index contributed by atoms with van der Waals surface area (Å²) in [6.07, 6.45) is 3.65. The van der Waals surface area contributed by atoms with Gasteiger partial charge in [0.1, 0.15) is 0 Å². The van der Waals surface area contributed by atoms with Crippen LogP contribution in [-0.4, -0.2) is 47.3 Å². The van der Waals surface area contributed by atoms with Crippen LogP contribution in [0.15, 0.2) is 18.5 Å². The van der Waals surface area contributed by atoms with Gasteiger partial charge in [-0.1, -0.05) is 0 Å². The Labute approximate surface area is 89.1 Å². The Morgan fingerprint density at radius 2 is 2.47 bits per heavy atom. The lowest BCUT2D eigenvalue weighted by atomic mass is 10.0. The fourth-order valence-electron chi connectivity index (χ4n) is 1.57. The van der Waals surface area contributed by atoms with E-state index >= 15 is 0 Å². The number of carbonyl (C=O) groups is 1. The normalized spacial score (nSPS) is 16.1. The van der Waals surface area contributed by atoms with Gasteiger partial charge in [-0.2, -0.15) is 5.10 Å². The van der Waals surface area contributed by atoms with E-state index in [1.807, 2.05) is 24.0 Å². The highest BCUT2D eigenvalue weighted by molar-refractivity contribution is 5.79. The number of rotatable bonds is 4. The van der Waals surface area contributed by atoms with Crippen LogP contribution in [0.2, 0.25) is 0 Å². The van der Waals surface area contributed by atoms with E-state index in [0.717, 1.165) is 26.2 Å². The molecule has 0 bridgehead atoms. The molecule has 1 saturated heterocycles. The van der Waals surface area contributed by atoms with E-state index in [0.29, 0.717) is 0 Å². The standard InChI is InChI=1S/C10H16N4O/c1-13(10(15)9-7-11-8-9)5-6-14-4-2-3-12-14/h2-4,9,11H,5-8H2,1H3. The van der Waals surface area contributed by atoms with Gasteiger partial charge >= 0.3 is 0 Å². The average Bonchev–Trinajstić information content (AvgIpc) is 2.63. The lowest BCUT2D eigenvalue weighted by molar-refractivity contribution is -0.135. The zero-order valence-corrected chi connectivity index (χ0v) is 8.89. The van der Waals surface area contributed by atoms with Crippen LogP contribution in [0.25, 0.3) is 0 Å². The largest absolute Gasteiger partial charge is 0.344 e. The van der Waals surface area contributed by atoms with E-state index in [1.54, 1.807) is 11.1 Å². The topological polar surface area (TPSA) is 50.2 Å². The molecule has 0 aliphatic carbocycles. The van der Waals surface area contributed by atoms with Crippen LogP contribution in [-0.2, 0) is 11.3 Å². The zero-order chi connectivity index (χ0) is 10.7. The lowest BCUT2D eigenvalue weighted by Crippen LogP contribution is -2.51. The van der Waals surface area contributed by atoms with Gasteiger partial charge in [-0.25, -0.2) is 0 Å². The number of likely N-dealkylation sites (N-methyl/N-ethyl adjacent to an activating group) is 1. The molecule has 0 unspecified atom stereocenters. The first-order valence-corrected chi connectivity index (χ1v) is 5.20. The molecule has 1 amide bonds. The molecule has 1 N–H and O–H groups in total. The van der Waals surface area contributed by atoms with Gasteiger partial charge < -0.3 is 10.2 Å². The van der Waals surface area contributed by atoms with Gasteiger partial charge in [0.25, 0.3) is 0 Å². The maximum Gasteiger partial charge on any atom is 0.228 e. The second kappa shape index (κ2) is 4.44. The summed E-state index contributed by atoms with van der Waals surface area (Å²) in [7, 11) is 1.85. The number of hydrogen-bond donors (Lipinski definition) is 1. The van der Waals surface area contributed by atoms with Gasteiger partial charge in [-0.05, 0) is 6.07 Å². The smallest absolute Gasteiger partial charge is 0.228 e. The molecule has 1 aliphatic heterocycles. The minimum absolute atomic E-state index is 0.188. The summed E-state index contributed by atoms with van der Waals surface area (Å²) in [5.41, 5.74) is 0. The zero-order valence-electron chi connectivity index (χ0n) is 8.89. The Hall–Kier alpha value is -1.36. The molecule has 0 saturated carbocycles. The van der Waals surface area contributed by atoms with Crippen LogP contribution in [0, 0.1) is 5.92 Å². The number of nitrogens with one attached hydrogen (secondary N) is 1. The van der Waals surface area contributed by atoms with Gasteiger partial charge in [0, 0.05) is 39.1 Å². The van der Waals surface area contributed by atoms with Crippen molar-refractivity contribution in [3.05, 3.63) is 18.5 Å². The summed E-state index contributed by atoms with van der Waals surface area (Å²) in [5, 5.41) is 7.19. The third-order valence-corrected chi connectivity index (χ3v) is 2.73. The molecule has 0 aromatic carbocycles. The molecule has 82 valence electrons. The number of carbonyl (C=O) groups excluding carboxylic acids is 1. The first-order valence-electron chi connectivity index (χ1n) is 5.20. The molecule has 1 aliphatic rings. The molecule has 0 spiro atoms. The molecule has 15 heavy (non-hydrogen) atoms. The quantitative estimate of drug-likeness (QED) is 0.730. The minimum atomic E-state index is 0.188. The van der Waals surface area contributed by atoms with Crippen molar-refractivity contribution in [2.24, 2.45) is 5.92 Å². The molecule has 5 heteroatoms. The van der Waals surface area contributed by atoms with Crippen molar-refractivity contribution in [3.63, 3.8) is 0 Å². The highest BCUT2D eigenvalue weighted by Gasteiger charge is 2.27.